The molecule has 2 heterocycles. The molecule has 0 aliphatic rings. The number of rotatable bonds is 7. The molecule has 0 saturated carbocycles. The Hall–Kier alpha value is -1.78. The van der Waals surface area contributed by atoms with E-state index >= 15 is 0 Å². The highest BCUT2D eigenvalue weighted by atomic mass is 32.2. The smallest absolute Gasteiger partial charge is 0.243 e. The fourth-order valence-electron chi connectivity index (χ4n) is 1.44. The molecule has 0 aromatic carbocycles. The van der Waals surface area contributed by atoms with Crippen molar-refractivity contribution >= 4 is 10.0 Å². The summed E-state index contributed by atoms with van der Waals surface area (Å²) in [5.74, 6) is 0. The van der Waals surface area contributed by atoms with Crippen molar-refractivity contribution in [3.05, 3.63) is 24.8 Å². The molecule has 104 valence electrons. The Kier molecular flexibility index (Phi) is 4.24. The van der Waals surface area contributed by atoms with Crippen LogP contribution in [0.2, 0.25) is 0 Å². The fourth-order valence-corrected chi connectivity index (χ4v) is 2.41. The van der Waals surface area contributed by atoms with E-state index < -0.39 is 10.0 Å². The van der Waals surface area contributed by atoms with Crippen LogP contribution in [0, 0.1) is 0 Å². The number of hydrogen-bond acceptors (Lipinski definition) is 6. The molecule has 19 heavy (non-hydrogen) atoms. The van der Waals surface area contributed by atoms with Crippen LogP contribution in [0.4, 0.5) is 0 Å². The number of aromatic nitrogens is 5. The Morgan fingerprint density at radius 2 is 2.16 bits per heavy atom. The summed E-state index contributed by atoms with van der Waals surface area (Å²) in [7, 11) is -3.59. The van der Waals surface area contributed by atoms with Crippen molar-refractivity contribution in [3.63, 3.8) is 0 Å². The molecule has 2 N–H and O–H groups in total. The predicted octanol–water partition coefficient (Wildman–Crippen LogP) is -1.55. The normalized spacial score (nSPS) is 11.8. The second-order valence-corrected chi connectivity index (χ2v) is 5.49. The Labute approximate surface area is 109 Å². The topological polar surface area (TPSA) is 115 Å². The lowest BCUT2D eigenvalue weighted by Gasteiger charge is -2.04. The van der Waals surface area contributed by atoms with Gasteiger partial charge in [-0.1, -0.05) is 5.21 Å². The molecule has 0 spiro atoms. The molecule has 0 bridgehead atoms. The summed E-state index contributed by atoms with van der Waals surface area (Å²) in [6, 6.07) is 0. The van der Waals surface area contributed by atoms with Gasteiger partial charge in [-0.2, -0.15) is 5.10 Å². The lowest BCUT2D eigenvalue weighted by Crippen LogP contribution is -2.27. The second kappa shape index (κ2) is 5.91. The number of hydrogen-bond donors (Lipinski definition) is 2. The van der Waals surface area contributed by atoms with E-state index in [1.165, 1.54) is 28.0 Å². The van der Waals surface area contributed by atoms with Crippen LogP contribution >= 0.6 is 0 Å². The van der Waals surface area contributed by atoms with E-state index in [4.69, 9.17) is 5.11 Å². The summed E-state index contributed by atoms with van der Waals surface area (Å²) < 4.78 is 29.1. The highest BCUT2D eigenvalue weighted by Crippen LogP contribution is 2.06. The van der Waals surface area contributed by atoms with Crippen molar-refractivity contribution in [1.82, 2.24) is 29.5 Å². The van der Waals surface area contributed by atoms with Gasteiger partial charge >= 0.3 is 0 Å². The van der Waals surface area contributed by atoms with Gasteiger partial charge in [0.15, 0.2) is 0 Å². The van der Waals surface area contributed by atoms with Crippen molar-refractivity contribution in [2.45, 2.75) is 18.0 Å². The maximum Gasteiger partial charge on any atom is 0.243 e. The van der Waals surface area contributed by atoms with Gasteiger partial charge in [0, 0.05) is 18.9 Å². The maximum atomic E-state index is 11.9. The van der Waals surface area contributed by atoms with E-state index in [2.05, 4.69) is 20.1 Å². The van der Waals surface area contributed by atoms with Gasteiger partial charge in [0.05, 0.1) is 32.1 Å². The van der Waals surface area contributed by atoms with E-state index in [9.17, 15) is 8.42 Å². The highest BCUT2D eigenvalue weighted by molar-refractivity contribution is 7.89. The zero-order valence-corrected chi connectivity index (χ0v) is 10.9. The van der Waals surface area contributed by atoms with E-state index in [0.29, 0.717) is 6.54 Å². The Morgan fingerprint density at radius 1 is 1.32 bits per heavy atom. The van der Waals surface area contributed by atoms with Gasteiger partial charge in [-0.3, -0.25) is 9.36 Å². The van der Waals surface area contributed by atoms with Gasteiger partial charge in [0.25, 0.3) is 0 Å². The van der Waals surface area contributed by atoms with E-state index in [0.717, 1.165) is 0 Å². The average molecular weight is 286 g/mol. The number of nitrogens with zero attached hydrogens (tertiary/aromatic N) is 5. The number of aliphatic hydroxyl groups is 1. The minimum absolute atomic E-state index is 0.0690. The largest absolute Gasteiger partial charge is 0.394 e. The number of nitrogens with one attached hydrogen (secondary N) is 1. The highest BCUT2D eigenvalue weighted by Gasteiger charge is 2.15. The van der Waals surface area contributed by atoms with Gasteiger partial charge in [-0.25, -0.2) is 13.1 Å². The molecule has 0 saturated heterocycles. The van der Waals surface area contributed by atoms with Crippen LogP contribution in [0.25, 0.3) is 0 Å². The number of aliphatic hydroxyl groups excluding tert-OH is 1. The third-order valence-corrected chi connectivity index (χ3v) is 3.77. The zero-order chi connectivity index (χ0) is 13.7. The van der Waals surface area contributed by atoms with E-state index in [1.54, 1.807) is 6.20 Å². The molecule has 0 radical (unpaired) electrons. The first-order chi connectivity index (χ1) is 9.12. The first-order valence-corrected chi connectivity index (χ1v) is 7.07. The van der Waals surface area contributed by atoms with Crippen molar-refractivity contribution < 1.29 is 13.5 Å². The van der Waals surface area contributed by atoms with Gasteiger partial charge in [-0.05, 0) is 0 Å². The van der Waals surface area contributed by atoms with Gasteiger partial charge < -0.3 is 5.11 Å². The van der Waals surface area contributed by atoms with Gasteiger partial charge in [-0.15, -0.1) is 5.10 Å². The summed E-state index contributed by atoms with van der Waals surface area (Å²) in [5.41, 5.74) is 0. The zero-order valence-electron chi connectivity index (χ0n) is 10.0. The fraction of sp³-hybridized carbons (Fsp3) is 0.444. The van der Waals surface area contributed by atoms with Gasteiger partial charge in [0.1, 0.15) is 4.90 Å². The summed E-state index contributed by atoms with van der Waals surface area (Å²) in [6.45, 7) is 0.760. The third kappa shape index (κ3) is 3.59. The van der Waals surface area contributed by atoms with Crippen molar-refractivity contribution in [1.29, 1.82) is 0 Å². The summed E-state index contributed by atoms with van der Waals surface area (Å²) in [4.78, 5) is 0.0690. The van der Waals surface area contributed by atoms with Crippen LogP contribution in [0.15, 0.2) is 29.7 Å². The van der Waals surface area contributed by atoms with Crippen LogP contribution in [0.5, 0.6) is 0 Å². The summed E-state index contributed by atoms with van der Waals surface area (Å²) >= 11 is 0. The molecular formula is C9H14N6O3S. The molecule has 0 amide bonds. The second-order valence-electron chi connectivity index (χ2n) is 3.73. The quantitative estimate of drug-likeness (QED) is 0.636. The van der Waals surface area contributed by atoms with Crippen molar-refractivity contribution in [2.75, 3.05) is 13.2 Å². The Bertz CT molecular complexity index is 606. The minimum Gasteiger partial charge on any atom is -0.394 e. The Balaban J connectivity index is 1.93. The molecule has 0 aliphatic carbocycles. The van der Waals surface area contributed by atoms with Crippen molar-refractivity contribution in [3.8, 4) is 0 Å². The molecule has 0 fully saturated rings. The first-order valence-electron chi connectivity index (χ1n) is 5.59. The van der Waals surface area contributed by atoms with Gasteiger partial charge in [0.2, 0.25) is 10.0 Å². The lowest BCUT2D eigenvalue weighted by atomic mass is 10.6. The molecule has 2 aromatic heterocycles. The van der Waals surface area contributed by atoms with Crippen molar-refractivity contribution in [2.24, 2.45) is 0 Å². The molecule has 0 unspecified atom stereocenters. The molecular weight excluding hydrogens is 272 g/mol. The maximum absolute atomic E-state index is 11.9. The lowest BCUT2D eigenvalue weighted by molar-refractivity contribution is 0.269. The monoisotopic (exact) mass is 286 g/mol. The number of sulfonamides is 1. The average Bonchev–Trinajstić information content (AvgIpc) is 3.00. The molecule has 2 rings (SSSR count). The van der Waals surface area contributed by atoms with E-state index in [1.807, 2.05) is 0 Å². The van der Waals surface area contributed by atoms with Crippen LogP contribution in [-0.4, -0.2) is 51.5 Å². The molecule has 10 heteroatoms. The van der Waals surface area contributed by atoms with Crippen LogP contribution in [0.1, 0.15) is 0 Å². The van der Waals surface area contributed by atoms with E-state index in [-0.39, 0.29) is 24.6 Å². The SMILES string of the molecule is O=S(=O)(NCCn1ccnn1)c1cnn(CCO)c1. The summed E-state index contributed by atoms with van der Waals surface area (Å²) in [5, 5.41) is 19.9. The Morgan fingerprint density at radius 3 is 2.84 bits per heavy atom. The molecule has 2 aromatic rings. The third-order valence-electron chi connectivity index (χ3n) is 2.35. The minimum atomic E-state index is -3.59. The molecule has 0 atom stereocenters. The molecule has 0 aliphatic heterocycles. The standard InChI is InChI=1S/C9H14N6O3S/c16-6-5-15-8-9(7-11-15)19(17,18)12-2-4-14-3-1-10-13-14/h1,3,7-8,12,16H,2,4-6H2. The first kappa shape index (κ1) is 13.6. The summed E-state index contributed by atoms with van der Waals surface area (Å²) in [6.07, 6.45) is 5.78. The van der Waals surface area contributed by atoms with Crippen LogP contribution in [-0.2, 0) is 23.1 Å². The van der Waals surface area contributed by atoms with Crippen LogP contribution < -0.4 is 4.72 Å². The molecule has 9 nitrogen and oxygen atoms in total. The van der Waals surface area contributed by atoms with Crippen LogP contribution in [0.3, 0.4) is 0 Å². The predicted molar refractivity (Wildman–Crippen MR) is 64.5 cm³/mol.